The van der Waals surface area contributed by atoms with Crippen molar-refractivity contribution in [2.75, 3.05) is 0 Å². The van der Waals surface area contributed by atoms with Gasteiger partial charge in [-0.05, 0) is 53.9 Å². The van der Waals surface area contributed by atoms with Crippen LogP contribution in [0, 0.1) is 0 Å². The van der Waals surface area contributed by atoms with Gasteiger partial charge in [0.15, 0.2) is 5.76 Å². The maximum atomic E-state index is 11.1. The van der Waals surface area contributed by atoms with E-state index in [1.807, 2.05) is 30.3 Å². The quantitative estimate of drug-likeness (QED) is 0.395. The van der Waals surface area contributed by atoms with Crippen LogP contribution in [0.15, 0.2) is 59.1 Å². The molecule has 0 aliphatic carbocycles. The second kappa shape index (κ2) is 6.57. The van der Waals surface area contributed by atoms with Crippen LogP contribution >= 0.6 is 0 Å². The van der Waals surface area contributed by atoms with Crippen LogP contribution in [0.3, 0.4) is 0 Å². The lowest BCUT2D eigenvalue weighted by Crippen LogP contribution is -2.00. The Bertz CT molecular complexity index is 1170. The van der Waals surface area contributed by atoms with Crippen molar-refractivity contribution in [3.8, 4) is 22.8 Å². The van der Waals surface area contributed by atoms with Gasteiger partial charge in [0, 0.05) is 24.8 Å². The van der Waals surface area contributed by atoms with Gasteiger partial charge >= 0.3 is 11.9 Å². The highest BCUT2D eigenvalue weighted by molar-refractivity contribution is 6.09. The highest BCUT2D eigenvalue weighted by Crippen LogP contribution is 2.34. The minimum Gasteiger partial charge on any atom is -0.427 e. The Labute approximate surface area is 154 Å². The van der Waals surface area contributed by atoms with Crippen molar-refractivity contribution in [2.45, 2.75) is 13.8 Å². The summed E-state index contributed by atoms with van der Waals surface area (Å²) < 4.78 is 15.8. The van der Waals surface area contributed by atoms with Crippen LogP contribution in [0.5, 0.6) is 11.5 Å². The van der Waals surface area contributed by atoms with Gasteiger partial charge in [0.1, 0.15) is 17.0 Å². The zero-order chi connectivity index (χ0) is 19.0. The zero-order valence-electron chi connectivity index (χ0n) is 14.7. The third-order valence-corrected chi connectivity index (χ3v) is 4.08. The van der Waals surface area contributed by atoms with Gasteiger partial charge in [-0.15, -0.1) is 0 Å². The molecule has 0 saturated carbocycles. The highest BCUT2D eigenvalue weighted by atomic mass is 16.5. The highest BCUT2D eigenvalue weighted by Gasteiger charge is 2.14. The molecule has 0 fully saturated rings. The Kier molecular flexibility index (Phi) is 4.08. The molecule has 4 rings (SSSR count). The Morgan fingerprint density at radius 2 is 1.44 bits per heavy atom. The van der Waals surface area contributed by atoms with Gasteiger partial charge in [-0.2, -0.15) is 0 Å². The molecular weight excluding hydrogens is 346 g/mol. The van der Waals surface area contributed by atoms with Crippen molar-refractivity contribution in [2.24, 2.45) is 0 Å². The average molecular weight is 361 g/mol. The second-order valence-electron chi connectivity index (χ2n) is 6.07. The molecule has 6 nitrogen and oxygen atoms in total. The lowest BCUT2D eigenvalue weighted by Gasteiger charge is -2.04. The number of hydrogen-bond donors (Lipinski definition) is 0. The maximum Gasteiger partial charge on any atom is 0.308 e. The van der Waals surface area contributed by atoms with Crippen LogP contribution in [0.1, 0.15) is 13.8 Å². The van der Waals surface area contributed by atoms with E-state index in [1.165, 1.54) is 13.8 Å². The Balaban J connectivity index is 1.76. The monoisotopic (exact) mass is 361 g/mol. The summed E-state index contributed by atoms with van der Waals surface area (Å²) in [6, 6.07) is 16.3. The molecule has 3 aromatic carbocycles. The zero-order valence-corrected chi connectivity index (χ0v) is 14.7. The van der Waals surface area contributed by atoms with Gasteiger partial charge in [0.25, 0.3) is 0 Å². The van der Waals surface area contributed by atoms with E-state index in [1.54, 1.807) is 24.3 Å². The first-order chi connectivity index (χ1) is 13.0. The van der Waals surface area contributed by atoms with Crippen LogP contribution in [0.25, 0.3) is 33.0 Å². The Morgan fingerprint density at radius 3 is 2.15 bits per heavy atom. The third-order valence-electron chi connectivity index (χ3n) is 4.08. The number of hydrogen-bond acceptors (Lipinski definition) is 6. The molecule has 0 aliphatic heterocycles. The summed E-state index contributed by atoms with van der Waals surface area (Å²) in [6.45, 7) is 2.72. The molecule has 0 aliphatic rings. The van der Waals surface area contributed by atoms with Gasteiger partial charge in [-0.3, -0.25) is 9.59 Å². The molecule has 0 bridgehead atoms. The number of ether oxygens (including phenoxy) is 2. The third kappa shape index (κ3) is 3.25. The van der Waals surface area contributed by atoms with E-state index < -0.39 is 0 Å². The van der Waals surface area contributed by atoms with E-state index in [2.05, 4.69) is 5.16 Å². The van der Waals surface area contributed by atoms with E-state index >= 15 is 0 Å². The minimum absolute atomic E-state index is 0.364. The van der Waals surface area contributed by atoms with E-state index in [0.29, 0.717) is 17.3 Å². The fourth-order valence-corrected chi connectivity index (χ4v) is 2.99. The molecule has 0 spiro atoms. The molecule has 0 N–H and O–H groups in total. The summed E-state index contributed by atoms with van der Waals surface area (Å²) in [5.74, 6) is 0.854. The van der Waals surface area contributed by atoms with Crippen LogP contribution < -0.4 is 9.47 Å². The molecular formula is C21H15NO5. The fraction of sp³-hybridized carbons (Fsp3) is 0.0952. The van der Waals surface area contributed by atoms with Crippen LogP contribution in [0.4, 0.5) is 0 Å². The van der Waals surface area contributed by atoms with Crippen molar-refractivity contribution < 1.29 is 23.6 Å². The summed E-state index contributed by atoms with van der Waals surface area (Å²) in [5.41, 5.74) is 1.55. The normalized spacial score (nSPS) is 10.9. The van der Waals surface area contributed by atoms with Crippen molar-refractivity contribution >= 4 is 33.6 Å². The minimum atomic E-state index is -0.368. The van der Waals surface area contributed by atoms with Gasteiger partial charge in [0.2, 0.25) is 0 Å². The number of rotatable bonds is 3. The molecule has 6 heteroatoms. The predicted molar refractivity (Wildman–Crippen MR) is 99.6 cm³/mol. The average Bonchev–Trinajstić information content (AvgIpc) is 3.05. The van der Waals surface area contributed by atoms with Crippen molar-refractivity contribution in [1.29, 1.82) is 0 Å². The molecule has 0 amide bonds. The van der Waals surface area contributed by atoms with E-state index in [-0.39, 0.29) is 11.9 Å². The molecule has 4 aromatic rings. The number of nitrogens with zero attached hydrogens (tertiary/aromatic N) is 1. The molecule has 1 heterocycles. The number of aromatic nitrogens is 1. The lowest BCUT2D eigenvalue weighted by atomic mass is 10.0. The summed E-state index contributed by atoms with van der Waals surface area (Å²) in [7, 11) is 0. The maximum absolute atomic E-state index is 11.1. The molecule has 0 radical (unpaired) electrons. The number of carbonyl (C=O) groups excluding carboxylic acids is 2. The first-order valence-electron chi connectivity index (χ1n) is 8.31. The van der Waals surface area contributed by atoms with Crippen molar-refractivity contribution in [3.05, 3.63) is 54.6 Å². The second-order valence-corrected chi connectivity index (χ2v) is 6.07. The molecule has 134 valence electrons. The fourth-order valence-electron chi connectivity index (χ4n) is 2.99. The number of benzene rings is 3. The Hall–Kier alpha value is -3.67. The number of esters is 2. The molecule has 0 saturated heterocycles. The summed E-state index contributed by atoms with van der Waals surface area (Å²) in [4.78, 5) is 22.2. The van der Waals surface area contributed by atoms with Gasteiger partial charge in [-0.1, -0.05) is 11.2 Å². The standard InChI is InChI=1S/C21H15NO5/c1-12(23)25-16-6-3-14(4-7-16)21-19-9-5-15-11-17(26-13(2)24)8-10-18(15)20(19)22-27-21/h3-11H,1-2H3. The first kappa shape index (κ1) is 16.8. The summed E-state index contributed by atoms with van der Waals surface area (Å²) >= 11 is 0. The first-order valence-corrected chi connectivity index (χ1v) is 8.31. The molecule has 0 atom stereocenters. The lowest BCUT2D eigenvalue weighted by molar-refractivity contribution is -0.132. The van der Waals surface area contributed by atoms with Gasteiger partial charge in [0.05, 0.1) is 5.39 Å². The molecule has 0 unspecified atom stereocenters. The molecule has 27 heavy (non-hydrogen) atoms. The van der Waals surface area contributed by atoms with Crippen LogP contribution in [-0.4, -0.2) is 17.1 Å². The van der Waals surface area contributed by atoms with Crippen molar-refractivity contribution in [3.63, 3.8) is 0 Å². The van der Waals surface area contributed by atoms with E-state index in [9.17, 15) is 9.59 Å². The van der Waals surface area contributed by atoms with Crippen LogP contribution in [-0.2, 0) is 9.59 Å². The van der Waals surface area contributed by atoms with Gasteiger partial charge < -0.3 is 14.0 Å². The SMILES string of the molecule is CC(=O)Oc1ccc(-c2onc3c2ccc2cc(OC(C)=O)ccc23)cc1. The largest absolute Gasteiger partial charge is 0.427 e. The predicted octanol–water partition coefficient (Wildman–Crippen LogP) is 4.50. The van der Waals surface area contributed by atoms with Crippen LogP contribution in [0.2, 0.25) is 0 Å². The summed E-state index contributed by atoms with van der Waals surface area (Å²) in [5, 5.41) is 6.87. The topological polar surface area (TPSA) is 78.6 Å². The van der Waals surface area contributed by atoms with Gasteiger partial charge in [-0.25, -0.2) is 0 Å². The number of fused-ring (bicyclic) bond motifs is 3. The van der Waals surface area contributed by atoms with Crippen molar-refractivity contribution in [1.82, 2.24) is 5.16 Å². The smallest absolute Gasteiger partial charge is 0.308 e. The summed E-state index contributed by atoms with van der Waals surface area (Å²) in [6.07, 6.45) is 0. The van der Waals surface area contributed by atoms with E-state index in [4.69, 9.17) is 14.0 Å². The number of carbonyl (C=O) groups is 2. The van der Waals surface area contributed by atoms with E-state index in [0.717, 1.165) is 27.2 Å². The Morgan fingerprint density at radius 1 is 0.815 bits per heavy atom. The molecule has 1 aromatic heterocycles.